The molecule has 4 aromatic rings. The molecule has 0 saturated heterocycles. The van der Waals surface area contributed by atoms with Crippen LogP contribution in [0, 0.1) is 20.4 Å². The van der Waals surface area contributed by atoms with Gasteiger partial charge >= 0.3 is 17.7 Å². The first-order valence-corrected chi connectivity index (χ1v) is 10.1. The first-order valence-electron chi connectivity index (χ1n) is 9.71. The average Bonchev–Trinajstić information content (AvgIpc) is 3.15. The van der Waals surface area contributed by atoms with Crippen molar-refractivity contribution < 1.29 is 4.79 Å². The second-order valence-electron chi connectivity index (χ2n) is 7.30. The molecule has 0 atom stereocenters. The Morgan fingerprint density at radius 2 is 2.06 bits per heavy atom. The van der Waals surface area contributed by atoms with E-state index < -0.39 is 5.91 Å². The molecule has 160 valence electrons. The number of amides is 1. The number of nitrogens with zero attached hydrogens (tertiary/aromatic N) is 6. The van der Waals surface area contributed by atoms with Gasteiger partial charge in [0.1, 0.15) is 12.4 Å². The van der Waals surface area contributed by atoms with Crippen LogP contribution in [0.15, 0.2) is 36.5 Å². The highest BCUT2D eigenvalue weighted by atomic mass is 35.5. The van der Waals surface area contributed by atoms with Crippen molar-refractivity contribution >= 4 is 40.2 Å². The number of nitrogens with one attached hydrogen (secondary N) is 1. The highest BCUT2D eigenvalue weighted by Gasteiger charge is 2.20. The van der Waals surface area contributed by atoms with E-state index in [-0.39, 0.29) is 24.9 Å². The molecule has 3 heterocycles. The van der Waals surface area contributed by atoms with Gasteiger partial charge in [0.05, 0.1) is 10.5 Å². The molecule has 0 unspecified atom stereocenters. The van der Waals surface area contributed by atoms with Gasteiger partial charge in [0.25, 0.3) is 0 Å². The van der Waals surface area contributed by atoms with Crippen molar-refractivity contribution in [3.05, 3.63) is 81.2 Å². The number of anilines is 1. The Balaban J connectivity index is 1.53. The number of aryl methyl sites for hydroxylation is 2. The fourth-order valence-electron chi connectivity index (χ4n) is 3.45. The van der Waals surface area contributed by atoms with Gasteiger partial charge in [-0.2, -0.15) is 4.68 Å². The Morgan fingerprint density at radius 1 is 1.25 bits per heavy atom. The third-order valence-corrected chi connectivity index (χ3v) is 5.21. The molecule has 10 heteroatoms. The smallest absolute Gasteiger partial charge is 0.360 e. The molecule has 0 aliphatic carbocycles. The number of nitrogen functional groups attached to an aromatic ring is 1. The Kier molecular flexibility index (Phi) is 5.71. The third kappa shape index (κ3) is 4.36. The number of carbonyl (C=O) groups is 1. The Morgan fingerprint density at radius 3 is 2.81 bits per heavy atom. The highest BCUT2D eigenvalue weighted by molar-refractivity contribution is 6.31. The second-order valence-corrected chi connectivity index (χ2v) is 7.73. The largest absolute Gasteiger partial charge is 0.395 e. The number of fused-ring (bicyclic) bond motifs is 1. The summed E-state index contributed by atoms with van der Waals surface area (Å²) in [5, 5.41) is 8.45. The van der Waals surface area contributed by atoms with Crippen LogP contribution in [0.2, 0.25) is 5.02 Å². The minimum Gasteiger partial charge on any atom is -0.395 e. The summed E-state index contributed by atoms with van der Waals surface area (Å²) < 4.78 is 1.41. The minimum absolute atomic E-state index is 0.0287. The van der Waals surface area contributed by atoms with Crippen molar-refractivity contribution in [2.24, 2.45) is 0 Å². The van der Waals surface area contributed by atoms with Crippen molar-refractivity contribution in [1.29, 1.82) is 0 Å². The molecule has 3 aromatic heterocycles. The van der Waals surface area contributed by atoms with Gasteiger partial charge in [-0.1, -0.05) is 22.8 Å². The van der Waals surface area contributed by atoms with E-state index in [1.54, 1.807) is 12.3 Å². The van der Waals surface area contributed by atoms with E-state index in [0.29, 0.717) is 10.8 Å². The SMILES string of the molecule is [C-]#[N+]c1nc(C(=O)NCc2c(C)cc(N)nc2C)nn1Cc1ccc2ncc(Cl)cc2c1. The van der Waals surface area contributed by atoms with E-state index in [0.717, 1.165) is 33.3 Å². The lowest BCUT2D eigenvalue weighted by molar-refractivity contribution is 0.0940. The van der Waals surface area contributed by atoms with Gasteiger partial charge in [0.15, 0.2) is 0 Å². The van der Waals surface area contributed by atoms with E-state index in [1.807, 2.05) is 38.1 Å². The molecular weight excluding hydrogens is 428 g/mol. The van der Waals surface area contributed by atoms with Gasteiger partial charge in [-0.15, -0.1) is 11.6 Å². The molecule has 4 rings (SSSR count). The van der Waals surface area contributed by atoms with E-state index in [4.69, 9.17) is 23.9 Å². The third-order valence-electron chi connectivity index (χ3n) is 5.00. The summed E-state index contributed by atoms with van der Waals surface area (Å²) in [5.74, 6) is -0.0797. The average molecular weight is 447 g/mol. The van der Waals surface area contributed by atoms with E-state index in [9.17, 15) is 4.79 Å². The van der Waals surface area contributed by atoms with Crippen LogP contribution in [-0.4, -0.2) is 30.6 Å². The van der Waals surface area contributed by atoms with Crippen LogP contribution in [0.1, 0.15) is 33.0 Å². The zero-order chi connectivity index (χ0) is 22.8. The quantitative estimate of drug-likeness (QED) is 0.452. The van der Waals surface area contributed by atoms with Crippen molar-refractivity contribution in [1.82, 2.24) is 30.0 Å². The highest BCUT2D eigenvalue weighted by Crippen LogP contribution is 2.20. The lowest BCUT2D eigenvalue weighted by atomic mass is 10.1. The van der Waals surface area contributed by atoms with E-state index in [2.05, 4.69) is 30.2 Å². The molecule has 0 spiro atoms. The predicted molar refractivity (Wildman–Crippen MR) is 121 cm³/mol. The van der Waals surface area contributed by atoms with Crippen molar-refractivity contribution in [2.45, 2.75) is 26.9 Å². The van der Waals surface area contributed by atoms with Crippen LogP contribution in [0.5, 0.6) is 0 Å². The zero-order valence-corrected chi connectivity index (χ0v) is 18.2. The molecule has 1 aromatic carbocycles. The Bertz CT molecular complexity index is 1370. The number of halogens is 1. The monoisotopic (exact) mass is 446 g/mol. The van der Waals surface area contributed by atoms with Crippen LogP contribution >= 0.6 is 11.6 Å². The summed E-state index contributed by atoms with van der Waals surface area (Å²) in [6, 6.07) is 9.25. The lowest BCUT2D eigenvalue weighted by Crippen LogP contribution is -2.25. The topological polar surface area (TPSA) is 116 Å². The van der Waals surface area contributed by atoms with Crippen LogP contribution < -0.4 is 11.1 Å². The standard InChI is InChI=1S/C22H19ClN8O/c1-12-6-19(24)28-13(2)17(12)10-27-21(32)20-29-22(25-3)31(30-20)11-14-4-5-18-15(7-14)8-16(23)9-26-18/h4-9H,10-11H2,1-2H3,(H2,24,28)(H,27,32). The van der Waals surface area contributed by atoms with Crippen molar-refractivity contribution in [2.75, 3.05) is 5.73 Å². The molecule has 0 bridgehead atoms. The first kappa shape index (κ1) is 21.2. The van der Waals surface area contributed by atoms with Crippen LogP contribution in [-0.2, 0) is 13.1 Å². The van der Waals surface area contributed by atoms with Gasteiger partial charge < -0.3 is 15.9 Å². The molecule has 0 aliphatic rings. The number of rotatable bonds is 5. The summed E-state index contributed by atoms with van der Waals surface area (Å²) in [4.78, 5) is 28.6. The maximum absolute atomic E-state index is 12.6. The molecule has 0 saturated carbocycles. The maximum Gasteiger partial charge on any atom is 0.360 e. The van der Waals surface area contributed by atoms with E-state index in [1.165, 1.54) is 4.68 Å². The fourth-order valence-corrected chi connectivity index (χ4v) is 3.61. The van der Waals surface area contributed by atoms with Gasteiger partial charge in [0, 0.05) is 23.8 Å². The Labute approximate surface area is 189 Å². The van der Waals surface area contributed by atoms with Gasteiger partial charge in [-0.05, 0) is 54.8 Å². The summed E-state index contributed by atoms with van der Waals surface area (Å²) in [6.45, 7) is 11.7. The lowest BCUT2D eigenvalue weighted by Gasteiger charge is -2.10. The molecule has 0 fully saturated rings. The number of hydrogen-bond donors (Lipinski definition) is 2. The van der Waals surface area contributed by atoms with E-state index >= 15 is 0 Å². The number of benzene rings is 1. The molecule has 0 aliphatic heterocycles. The van der Waals surface area contributed by atoms with Crippen LogP contribution in [0.3, 0.4) is 0 Å². The molecule has 9 nitrogen and oxygen atoms in total. The van der Waals surface area contributed by atoms with Crippen LogP contribution in [0.4, 0.5) is 11.8 Å². The molecule has 1 amide bonds. The predicted octanol–water partition coefficient (Wildman–Crippen LogP) is 3.60. The second kappa shape index (κ2) is 8.61. The fraction of sp³-hybridized carbons (Fsp3) is 0.182. The number of aromatic nitrogens is 5. The summed E-state index contributed by atoms with van der Waals surface area (Å²) in [5.41, 5.74) is 9.99. The van der Waals surface area contributed by atoms with Crippen molar-refractivity contribution in [3.63, 3.8) is 0 Å². The van der Waals surface area contributed by atoms with Crippen molar-refractivity contribution in [3.8, 4) is 0 Å². The summed E-state index contributed by atoms with van der Waals surface area (Å²) in [6.07, 6.45) is 1.59. The molecule has 0 radical (unpaired) electrons. The molecular formula is C22H19ClN8O. The Hall–Kier alpha value is -4.03. The number of pyridine rings is 2. The zero-order valence-electron chi connectivity index (χ0n) is 17.4. The van der Waals surface area contributed by atoms with Gasteiger partial charge in [-0.3, -0.25) is 9.78 Å². The maximum atomic E-state index is 12.6. The summed E-state index contributed by atoms with van der Waals surface area (Å²) in [7, 11) is 0. The van der Waals surface area contributed by atoms with Crippen LogP contribution in [0.25, 0.3) is 15.7 Å². The molecule has 32 heavy (non-hydrogen) atoms. The minimum atomic E-state index is -0.473. The normalized spacial score (nSPS) is 10.8. The summed E-state index contributed by atoms with van der Waals surface area (Å²) >= 11 is 6.03. The first-order chi connectivity index (χ1) is 15.3. The number of carbonyl (C=O) groups excluding carboxylic acids is 1. The van der Waals surface area contributed by atoms with Gasteiger partial charge in [-0.25, -0.2) is 4.98 Å². The number of nitrogens with two attached hydrogens (primary N) is 1. The van der Waals surface area contributed by atoms with Gasteiger partial charge in [0.2, 0.25) is 0 Å². The number of hydrogen-bond acceptors (Lipinski definition) is 6. The molecule has 3 N–H and O–H groups in total.